The highest BCUT2D eigenvalue weighted by Gasteiger charge is 2.27. The normalized spacial score (nSPS) is 10.4. The highest BCUT2D eigenvalue weighted by Crippen LogP contribution is 2.34. The number of amides is 2. The fraction of sp³-hybridized carbons (Fsp3) is 0.348. The third kappa shape index (κ3) is 6.95. The SMILES string of the molecule is CCOC(=O)c1c(NC(=O)COC(=O)CCC(=O)c2ccc(F)cc2)sc(C(=O)N(C)C)c1C. The minimum absolute atomic E-state index is 0.0571. The van der Waals surface area contributed by atoms with Crippen molar-refractivity contribution < 1.29 is 37.8 Å². The molecule has 2 aromatic rings. The second-order valence-corrected chi connectivity index (χ2v) is 8.34. The van der Waals surface area contributed by atoms with E-state index in [4.69, 9.17) is 9.47 Å². The van der Waals surface area contributed by atoms with Crippen LogP contribution in [0.5, 0.6) is 0 Å². The fourth-order valence-corrected chi connectivity index (χ4v) is 4.07. The van der Waals surface area contributed by atoms with Gasteiger partial charge in [0.2, 0.25) is 0 Å². The Morgan fingerprint density at radius 2 is 1.68 bits per heavy atom. The van der Waals surface area contributed by atoms with Crippen LogP contribution < -0.4 is 5.32 Å². The summed E-state index contributed by atoms with van der Waals surface area (Å²) in [6.07, 6.45) is -0.434. The first-order chi connectivity index (χ1) is 16.0. The number of nitrogens with zero attached hydrogens (tertiary/aromatic N) is 1. The van der Waals surface area contributed by atoms with E-state index in [2.05, 4.69) is 5.32 Å². The predicted molar refractivity (Wildman–Crippen MR) is 123 cm³/mol. The molecule has 0 aliphatic rings. The van der Waals surface area contributed by atoms with E-state index in [1.165, 1.54) is 17.0 Å². The zero-order valence-electron chi connectivity index (χ0n) is 19.2. The summed E-state index contributed by atoms with van der Waals surface area (Å²) in [6, 6.07) is 4.92. The Kier molecular flexibility index (Phi) is 9.43. The molecule has 0 spiro atoms. The monoisotopic (exact) mass is 492 g/mol. The van der Waals surface area contributed by atoms with Gasteiger partial charge in [-0.25, -0.2) is 9.18 Å². The van der Waals surface area contributed by atoms with E-state index >= 15 is 0 Å². The first-order valence-electron chi connectivity index (χ1n) is 10.3. The molecule has 0 fully saturated rings. The van der Waals surface area contributed by atoms with Crippen molar-refractivity contribution in [1.29, 1.82) is 0 Å². The zero-order valence-corrected chi connectivity index (χ0v) is 20.0. The molecule has 0 radical (unpaired) electrons. The van der Waals surface area contributed by atoms with Crippen molar-refractivity contribution in [3.63, 3.8) is 0 Å². The average Bonchev–Trinajstić information content (AvgIpc) is 3.11. The molecule has 1 aromatic carbocycles. The number of ketones is 1. The van der Waals surface area contributed by atoms with E-state index in [1.54, 1.807) is 27.9 Å². The molecule has 0 saturated heterocycles. The molecule has 34 heavy (non-hydrogen) atoms. The fourth-order valence-electron chi connectivity index (χ4n) is 2.83. The van der Waals surface area contributed by atoms with Crippen LogP contribution in [0, 0.1) is 12.7 Å². The van der Waals surface area contributed by atoms with Gasteiger partial charge in [-0.1, -0.05) is 0 Å². The van der Waals surface area contributed by atoms with Crippen LogP contribution in [0.2, 0.25) is 0 Å². The molecule has 0 aliphatic carbocycles. The number of rotatable bonds is 10. The molecule has 0 unspecified atom stereocenters. The molecule has 0 bridgehead atoms. The van der Waals surface area contributed by atoms with Crippen LogP contribution >= 0.6 is 11.3 Å². The minimum Gasteiger partial charge on any atom is -0.462 e. The Morgan fingerprint density at radius 3 is 2.26 bits per heavy atom. The molecule has 0 aliphatic heterocycles. The van der Waals surface area contributed by atoms with Crippen molar-refractivity contribution in [3.05, 3.63) is 51.7 Å². The first kappa shape index (κ1) is 26.7. The van der Waals surface area contributed by atoms with Gasteiger partial charge in [-0.15, -0.1) is 11.3 Å². The van der Waals surface area contributed by atoms with Crippen LogP contribution in [0.1, 0.15) is 55.7 Å². The lowest BCUT2D eigenvalue weighted by Crippen LogP contribution is -2.22. The van der Waals surface area contributed by atoms with Gasteiger partial charge in [0.15, 0.2) is 12.4 Å². The van der Waals surface area contributed by atoms with E-state index in [1.807, 2.05) is 0 Å². The second kappa shape index (κ2) is 12.0. The van der Waals surface area contributed by atoms with E-state index in [0.29, 0.717) is 5.56 Å². The maximum Gasteiger partial charge on any atom is 0.341 e. The largest absolute Gasteiger partial charge is 0.462 e. The van der Waals surface area contributed by atoms with Crippen molar-refractivity contribution in [2.24, 2.45) is 0 Å². The highest BCUT2D eigenvalue weighted by molar-refractivity contribution is 7.18. The highest BCUT2D eigenvalue weighted by atomic mass is 32.1. The zero-order chi connectivity index (χ0) is 25.4. The average molecular weight is 493 g/mol. The van der Waals surface area contributed by atoms with Crippen molar-refractivity contribution in [2.45, 2.75) is 26.7 Å². The molecule has 1 aromatic heterocycles. The molecule has 1 heterocycles. The van der Waals surface area contributed by atoms with Gasteiger partial charge < -0.3 is 19.7 Å². The molecule has 182 valence electrons. The summed E-state index contributed by atoms with van der Waals surface area (Å²) in [5, 5.41) is 2.59. The Hall–Kier alpha value is -3.60. The maximum atomic E-state index is 12.9. The number of anilines is 1. The molecular weight excluding hydrogens is 467 g/mol. The van der Waals surface area contributed by atoms with Gasteiger partial charge in [0.1, 0.15) is 10.8 Å². The summed E-state index contributed by atoms with van der Waals surface area (Å²) >= 11 is 0.916. The number of thiophene rings is 1. The molecular formula is C23H25FN2O7S. The molecule has 0 saturated carbocycles. The number of hydrogen-bond acceptors (Lipinski definition) is 8. The van der Waals surface area contributed by atoms with E-state index < -0.39 is 30.3 Å². The summed E-state index contributed by atoms with van der Waals surface area (Å²) in [6.45, 7) is 2.66. The predicted octanol–water partition coefficient (Wildman–Crippen LogP) is 3.22. The Balaban J connectivity index is 1.99. The van der Waals surface area contributed by atoms with Crippen molar-refractivity contribution in [2.75, 3.05) is 32.6 Å². The van der Waals surface area contributed by atoms with E-state index in [0.717, 1.165) is 23.5 Å². The number of ether oxygens (including phenoxy) is 2. The third-order valence-electron chi connectivity index (χ3n) is 4.57. The lowest BCUT2D eigenvalue weighted by Gasteiger charge is -2.09. The van der Waals surface area contributed by atoms with Gasteiger partial charge in [-0.05, 0) is 43.7 Å². The summed E-state index contributed by atoms with van der Waals surface area (Å²) < 4.78 is 22.9. The van der Waals surface area contributed by atoms with Crippen molar-refractivity contribution in [1.82, 2.24) is 4.90 Å². The van der Waals surface area contributed by atoms with Crippen LogP contribution in [0.4, 0.5) is 9.39 Å². The van der Waals surface area contributed by atoms with Crippen molar-refractivity contribution >= 4 is 45.9 Å². The van der Waals surface area contributed by atoms with Crippen LogP contribution in [-0.2, 0) is 19.1 Å². The lowest BCUT2D eigenvalue weighted by molar-refractivity contribution is -0.147. The van der Waals surface area contributed by atoms with Gasteiger partial charge in [0, 0.05) is 26.1 Å². The molecule has 9 nitrogen and oxygen atoms in total. The molecule has 0 atom stereocenters. The number of carbonyl (C=O) groups is 5. The number of halogens is 1. The smallest absolute Gasteiger partial charge is 0.341 e. The summed E-state index contributed by atoms with van der Waals surface area (Å²) in [5.41, 5.74) is 0.685. The molecule has 11 heteroatoms. The van der Waals surface area contributed by atoms with Crippen LogP contribution in [0.15, 0.2) is 24.3 Å². The number of carbonyl (C=O) groups excluding carboxylic acids is 5. The maximum absolute atomic E-state index is 12.9. The van der Waals surface area contributed by atoms with Crippen molar-refractivity contribution in [3.8, 4) is 0 Å². The quantitative estimate of drug-likeness (QED) is 0.400. The van der Waals surface area contributed by atoms with Crippen LogP contribution in [0.3, 0.4) is 0 Å². The standard InChI is InChI=1S/C23H25FN2O7S/c1-5-32-23(31)19-13(2)20(22(30)26(3)4)34-21(19)25-17(28)12-33-18(29)11-10-16(27)14-6-8-15(24)9-7-14/h6-9H,5,10-12H2,1-4H3,(H,25,28). The molecule has 1 N–H and O–H groups in total. The number of esters is 2. The van der Waals surface area contributed by atoms with Gasteiger partial charge in [0.25, 0.3) is 11.8 Å². The van der Waals surface area contributed by atoms with Crippen LogP contribution in [0.25, 0.3) is 0 Å². The Morgan fingerprint density at radius 1 is 1.03 bits per heavy atom. The van der Waals surface area contributed by atoms with Gasteiger partial charge in [-0.3, -0.25) is 19.2 Å². The Labute approximate surface area is 199 Å². The summed E-state index contributed by atoms with van der Waals surface area (Å²) in [4.78, 5) is 62.7. The number of hydrogen-bond donors (Lipinski definition) is 1. The number of nitrogens with one attached hydrogen (secondary N) is 1. The second-order valence-electron chi connectivity index (χ2n) is 7.32. The summed E-state index contributed by atoms with van der Waals surface area (Å²) in [5.74, 6) is -3.39. The van der Waals surface area contributed by atoms with Gasteiger partial charge >= 0.3 is 11.9 Å². The minimum atomic E-state index is -0.776. The third-order valence-corrected chi connectivity index (χ3v) is 5.76. The number of benzene rings is 1. The number of Topliss-reactive ketones (excluding diaryl/α,β-unsaturated/α-hetero) is 1. The molecule has 2 rings (SSSR count). The van der Waals surface area contributed by atoms with Gasteiger partial charge in [-0.2, -0.15) is 0 Å². The summed E-state index contributed by atoms with van der Waals surface area (Å²) in [7, 11) is 3.12. The van der Waals surface area contributed by atoms with Gasteiger partial charge in [0.05, 0.1) is 23.5 Å². The first-order valence-corrected chi connectivity index (χ1v) is 11.1. The van der Waals surface area contributed by atoms with E-state index in [-0.39, 0.29) is 52.1 Å². The van der Waals surface area contributed by atoms with Crippen LogP contribution in [-0.4, -0.2) is 61.7 Å². The lowest BCUT2D eigenvalue weighted by atomic mass is 10.1. The topological polar surface area (TPSA) is 119 Å². The molecule has 2 amide bonds. The Bertz CT molecular complexity index is 1090. The van der Waals surface area contributed by atoms with E-state index in [9.17, 15) is 28.4 Å².